The van der Waals surface area contributed by atoms with Gasteiger partial charge >= 0.3 is 0 Å². The molecule has 0 unspecified atom stereocenters. The van der Waals surface area contributed by atoms with Gasteiger partial charge in [-0.2, -0.15) is 4.98 Å². The zero-order valence-electron chi connectivity index (χ0n) is 17.3. The summed E-state index contributed by atoms with van der Waals surface area (Å²) in [4.78, 5) is 15.5. The Balaban J connectivity index is 1.59. The van der Waals surface area contributed by atoms with E-state index in [1.165, 1.54) is 11.1 Å². The molecule has 3 aromatic rings. The first-order valence-corrected chi connectivity index (χ1v) is 10.0. The summed E-state index contributed by atoms with van der Waals surface area (Å²) >= 11 is 0. The minimum absolute atomic E-state index is 0.434. The van der Waals surface area contributed by atoms with Crippen LogP contribution < -0.4 is 5.32 Å². The van der Waals surface area contributed by atoms with E-state index in [2.05, 4.69) is 63.5 Å². The summed E-state index contributed by atoms with van der Waals surface area (Å²) in [5.41, 5.74) is 3.28. The second-order valence-corrected chi connectivity index (χ2v) is 6.74. The first-order chi connectivity index (χ1) is 14.2. The van der Waals surface area contributed by atoms with Crippen LogP contribution in [0.1, 0.15) is 30.8 Å². The molecule has 0 bridgehead atoms. The van der Waals surface area contributed by atoms with E-state index in [0.29, 0.717) is 30.4 Å². The number of hydrogen-bond donors (Lipinski definition) is 1. The van der Waals surface area contributed by atoms with E-state index in [4.69, 9.17) is 9.52 Å². The van der Waals surface area contributed by atoms with Gasteiger partial charge in [-0.15, -0.1) is 0 Å². The Morgan fingerprint density at radius 3 is 2.59 bits per heavy atom. The van der Waals surface area contributed by atoms with Crippen molar-refractivity contribution >= 4 is 5.96 Å². The lowest BCUT2D eigenvalue weighted by atomic mass is 10.1. The summed E-state index contributed by atoms with van der Waals surface area (Å²) < 4.78 is 5.30. The summed E-state index contributed by atoms with van der Waals surface area (Å²) in [5.74, 6) is 1.92. The second-order valence-electron chi connectivity index (χ2n) is 6.74. The number of rotatable bonds is 8. The van der Waals surface area contributed by atoms with Gasteiger partial charge in [0, 0.05) is 39.3 Å². The Bertz CT molecular complexity index is 905. The third kappa shape index (κ3) is 5.88. The molecule has 2 heterocycles. The number of hydrogen-bond acceptors (Lipinski definition) is 5. The number of aliphatic imine (C=N–C) groups is 1. The largest absolute Gasteiger partial charge is 0.357 e. The van der Waals surface area contributed by atoms with Crippen molar-refractivity contribution in [1.82, 2.24) is 25.3 Å². The van der Waals surface area contributed by atoms with Gasteiger partial charge in [0.2, 0.25) is 0 Å². The summed E-state index contributed by atoms with van der Waals surface area (Å²) in [6.45, 7) is 6.41. The van der Waals surface area contributed by atoms with E-state index in [9.17, 15) is 0 Å². The minimum Gasteiger partial charge on any atom is -0.357 e. The predicted octanol–water partition coefficient (Wildman–Crippen LogP) is 3.33. The van der Waals surface area contributed by atoms with Crippen molar-refractivity contribution in [3.63, 3.8) is 0 Å². The van der Waals surface area contributed by atoms with Crippen molar-refractivity contribution in [3.05, 3.63) is 65.6 Å². The van der Waals surface area contributed by atoms with E-state index in [1.54, 1.807) is 6.20 Å². The molecule has 0 saturated heterocycles. The van der Waals surface area contributed by atoms with Gasteiger partial charge in [-0.05, 0) is 36.6 Å². The fraction of sp³-hybridized carbons (Fsp3) is 0.364. The Morgan fingerprint density at radius 1 is 1.10 bits per heavy atom. The van der Waals surface area contributed by atoms with Crippen molar-refractivity contribution < 1.29 is 4.52 Å². The molecule has 0 amide bonds. The van der Waals surface area contributed by atoms with E-state index in [-0.39, 0.29) is 0 Å². The molecular formula is C22H28N6O. The SMILES string of the molecule is CCNC(=NCCc1noc(-c2ccccn2)n1)N(C)Cc1ccc(CC)cc1. The Labute approximate surface area is 171 Å². The topological polar surface area (TPSA) is 79.4 Å². The van der Waals surface area contributed by atoms with E-state index >= 15 is 0 Å². The van der Waals surface area contributed by atoms with Gasteiger partial charge in [0.1, 0.15) is 5.69 Å². The summed E-state index contributed by atoms with van der Waals surface area (Å²) in [6, 6.07) is 14.3. The Morgan fingerprint density at radius 2 is 1.90 bits per heavy atom. The smallest absolute Gasteiger partial charge is 0.276 e. The van der Waals surface area contributed by atoms with Crippen LogP contribution in [0, 0.1) is 0 Å². The van der Waals surface area contributed by atoms with Gasteiger partial charge in [-0.3, -0.25) is 9.98 Å². The maximum absolute atomic E-state index is 5.30. The van der Waals surface area contributed by atoms with Crippen LogP contribution in [-0.4, -0.2) is 46.1 Å². The van der Waals surface area contributed by atoms with E-state index in [0.717, 1.165) is 25.5 Å². The van der Waals surface area contributed by atoms with Gasteiger partial charge < -0.3 is 14.7 Å². The number of pyridine rings is 1. The lowest BCUT2D eigenvalue weighted by Gasteiger charge is -2.22. The molecule has 0 fully saturated rings. The number of aryl methyl sites for hydroxylation is 1. The van der Waals surface area contributed by atoms with Gasteiger partial charge in [0.25, 0.3) is 5.89 Å². The highest BCUT2D eigenvalue weighted by Crippen LogP contribution is 2.13. The number of nitrogens with zero attached hydrogens (tertiary/aromatic N) is 5. The number of guanidine groups is 1. The molecule has 0 spiro atoms. The first-order valence-electron chi connectivity index (χ1n) is 10.0. The zero-order valence-corrected chi connectivity index (χ0v) is 17.3. The molecule has 0 atom stereocenters. The van der Waals surface area contributed by atoms with Crippen molar-refractivity contribution in [2.45, 2.75) is 33.2 Å². The molecule has 7 nitrogen and oxygen atoms in total. The Hall–Kier alpha value is -3.22. The number of benzene rings is 1. The van der Waals surface area contributed by atoms with Crippen LogP contribution >= 0.6 is 0 Å². The monoisotopic (exact) mass is 392 g/mol. The highest BCUT2D eigenvalue weighted by Gasteiger charge is 2.10. The van der Waals surface area contributed by atoms with Crippen molar-refractivity contribution in [2.24, 2.45) is 4.99 Å². The minimum atomic E-state index is 0.434. The molecule has 2 aromatic heterocycles. The van der Waals surface area contributed by atoms with Crippen LogP contribution in [0.2, 0.25) is 0 Å². The quantitative estimate of drug-likeness (QED) is 0.468. The van der Waals surface area contributed by atoms with Gasteiger partial charge in [0.05, 0.1) is 0 Å². The van der Waals surface area contributed by atoms with Crippen LogP contribution in [-0.2, 0) is 19.4 Å². The van der Waals surface area contributed by atoms with Crippen LogP contribution in [0.5, 0.6) is 0 Å². The molecule has 0 radical (unpaired) electrons. The molecule has 0 saturated carbocycles. The maximum atomic E-state index is 5.30. The summed E-state index contributed by atoms with van der Waals surface area (Å²) in [6.07, 6.45) is 3.36. The number of aromatic nitrogens is 3. The average Bonchev–Trinajstić information content (AvgIpc) is 3.23. The molecule has 3 rings (SSSR count). The molecule has 0 aliphatic heterocycles. The molecule has 29 heavy (non-hydrogen) atoms. The highest BCUT2D eigenvalue weighted by atomic mass is 16.5. The molecule has 1 aromatic carbocycles. The first kappa shape index (κ1) is 20.5. The zero-order chi connectivity index (χ0) is 20.5. The van der Waals surface area contributed by atoms with Crippen molar-refractivity contribution in [1.29, 1.82) is 0 Å². The van der Waals surface area contributed by atoms with Crippen LogP contribution in [0.25, 0.3) is 11.6 Å². The van der Waals surface area contributed by atoms with Crippen LogP contribution in [0.4, 0.5) is 0 Å². The van der Waals surface area contributed by atoms with Gasteiger partial charge in [-0.1, -0.05) is 42.4 Å². The maximum Gasteiger partial charge on any atom is 0.276 e. The number of nitrogens with one attached hydrogen (secondary N) is 1. The van der Waals surface area contributed by atoms with Crippen molar-refractivity contribution in [3.8, 4) is 11.6 Å². The second kappa shape index (κ2) is 10.4. The third-order valence-electron chi connectivity index (χ3n) is 4.50. The molecule has 0 aliphatic rings. The standard InChI is InChI=1S/C22H28N6O/c1-4-17-9-11-18(12-10-17)16-28(3)22(23-5-2)25-15-13-20-26-21(29-27-20)19-8-6-7-14-24-19/h6-12,14H,4-5,13,15-16H2,1-3H3,(H,23,25). The molecule has 152 valence electrons. The molecule has 7 heteroatoms. The van der Waals surface area contributed by atoms with Gasteiger partial charge in [-0.25, -0.2) is 0 Å². The van der Waals surface area contributed by atoms with E-state index < -0.39 is 0 Å². The summed E-state index contributed by atoms with van der Waals surface area (Å²) in [5, 5.41) is 7.38. The Kier molecular flexibility index (Phi) is 7.33. The fourth-order valence-electron chi connectivity index (χ4n) is 2.91. The molecular weight excluding hydrogens is 364 g/mol. The summed E-state index contributed by atoms with van der Waals surface area (Å²) in [7, 11) is 2.04. The van der Waals surface area contributed by atoms with Crippen LogP contribution in [0.15, 0.2) is 58.2 Å². The van der Waals surface area contributed by atoms with Crippen LogP contribution in [0.3, 0.4) is 0 Å². The third-order valence-corrected chi connectivity index (χ3v) is 4.50. The fourth-order valence-corrected chi connectivity index (χ4v) is 2.91. The normalized spacial score (nSPS) is 11.5. The van der Waals surface area contributed by atoms with Crippen molar-refractivity contribution in [2.75, 3.05) is 20.1 Å². The van der Waals surface area contributed by atoms with E-state index in [1.807, 2.05) is 25.2 Å². The molecule has 0 aliphatic carbocycles. The predicted molar refractivity (Wildman–Crippen MR) is 114 cm³/mol. The highest BCUT2D eigenvalue weighted by molar-refractivity contribution is 5.79. The van der Waals surface area contributed by atoms with Gasteiger partial charge in [0.15, 0.2) is 11.8 Å². The lowest BCUT2D eigenvalue weighted by molar-refractivity contribution is 0.421. The molecule has 1 N–H and O–H groups in total. The lowest BCUT2D eigenvalue weighted by Crippen LogP contribution is -2.38. The average molecular weight is 393 g/mol.